The Morgan fingerprint density at radius 3 is 2.81 bits per heavy atom. The van der Waals surface area contributed by atoms with Crippen molar-refractivity contribution < 1.29 is 0 Å². The molecule has 0 unspecified atom stereocenters. The van der Waals surface area contributed by atoms with Gasteiger partial charge in [0.05, 0.1) is 16.9 Å². The molecular formula is C17H20N4. The highest BCUT2D eigenvalue weighted by atomic mass is 15.3. The average molecular weight is 280 g/mol. The Kier molecular flexibility index (Phi) is 3.66. The number of anilines is 1. The van der Waals surface area contributed by atoms with Gasteiger partial charge in [-0.3, -0.25) is 0 Å². The number of hydrogen-bond donors (Lipinski definition) is 1. The second-order valence-corrected chi connectivity index (χ2v) is 5.44. The molecule has 0 fully saturated rings. The first-order valence-corrected chi connectivity index (χ1v) is 7.65. The van der Waals surface area contributed by atoms with E-state index in [0.29, 0.717) is 11.5 Å². The summed E-state index contributed by atoms with van der Waals surface area (Å²) in [7, 11) is 0. The minimum absolute atomic E-state index is 0.495. The van der Waals surface area contributed by atoms with Crippen molar-refractivity contribution in [2.45, 2.75) is 39.0 Å². The summed E-state index contributed by atoms with van der Waals surface area (Å²) >= 11 is 0. The fourth-order valence-electron chi connectivity index (χ4n) is 3.13. The van der Waals surface area contributed by atoms with Crippen molar-refractivity contribution in [3.05, 3.63) is 41.1 Å². The molecule has 0 aliphatic carbocycles. The van der Waals surface area contributed by atoms with Gasteiger partial charge in [-0.15, -0.1) is 0 Å². The predicted octanol–water partition coefficient (Wildman–Crippen LogP) is 3.62. The standard InChI is InChI=1S/C17H20N4/c1-3-12(4-2)16-14-9-10-19-17(14)21(20-16)15-8-6-5-7-13(15)11-18/h5-8,12,19H,3-4,9-10H2,1-2H3. The van der Waals surface area contributed by atoms with Gasteiger partial charge in [-0.1, -0.05) is 26.0 Å². The van der Waals surface area contributed by atoms with Crippen LogP contribution >= 0.6 is 0 Å². The molecule has 0 radical (unpaired) electrons. The number of nitriles is 1. The van der Waals surface area contributed by atoms with Gasteiger partial charge in [0.1, 0.15) is 11.9 Å². The van der Waals surface area contributed by atoms with Gasteiger partial charge in [-0.05, 0) is 31.4 Å². The Morgan fingerprint density at radius 2 is 2.10 bits per heavy atom. The van der Waals surface area contributed by atoms with E-state index in [1.54, 1.807) is 0 Å². The van der Waals surface area contributed by atoms with Crippen LogP contribution in [0.5, 0.6) is 0 Å². The molecule has 108 valence electrons. The second-order valence-electron chi connectivity index (χ2n) is 5.44. The second kappa shape index (κ2) is 5.61. The lowest BCUT2D eigenvalue weighted by molar-refractivity contribution is 0.607. The van der Waals surface area contributed by atoms with Crippen LogP contribution in [0.25, 0.3) is 5.69 Å². The Balaban J connectivity index is 2.17. The van der Waals surface area contributed by atoms with Gasteiger partial charge in [-0.2, -0.15) is 10.4 Å². The van der Waals surface area contributed by atoms with Gasteiger partial charge < -0.3 is 5.32 Å². The maximum Gasteiger partial charge on any atom is 0.133 e. The van der Waals surface area contributed by atoms with Crippen LogP contribution in [-0.4, -0.2) is 16.3 Å². The molecule has 0 atom stereocenters. The van der Waals surface area contributed by atoms with Crippen molar-refractivity contribution in [3.8, 4) is 11.8 Å². The van der Waals surface area contributed by atoms with Gasteiger partial charge in [0.2, 0.25) is 0 Å². The number of benzene rings is 1. The van der Waals surface area contributed by atoms with E-state index in [2.05, 4.69) is 25.2 Å². The lowest BCUT2D eigenvalue weighted by Gasteiger charge is -2.11. The van der Waals surface area contributed by atoms with Crippen molar-refractivity contribution in [2.75, 3.05) is 11.9 Å². The van der Waals surface area contributed by atoms with E-state index < -0.39 is 0 Å². The van der Waals surface area contributed by atoms with Crippen LogP contribution in [0.2, 0.25) is 0 Å². The summed E-state index contributed by atoms with van der Waals surface area (Å²) < 4.78 is 1.93. The third-order valence-electron chi connectivity index (χ3n) is 4.31. The van der Waals surface area contributed by atoms with Gasteiger partial charge >= 0.3 is 0 Å². The summed E-state index contributed by atoms with van der Waals surface area (Å²) in [4.78, 5) is 0. The first kappa shape index (κ1) is 13.7. The maximum absolute atomic E-state index is 9.33. The molecule has 2 heterocycles. The third-order valence-corrected chi connectivity index (χ3v) is 4.31. The van der Waals surface area contributed by atoms with E-state index in [9.17, 15) is 5.26 Å². The molecule has 1 aromatic carbocycles. The molecular weight excluding hydrogens is 260 g/mol. The van der Waals surface area contributed by atoms with E-state index in [0.717, 1.165) is 37.3 Å². The topological polar surface area (TPSA) is 53.6 Å². The first-order valence-electron chi connectivity index (χ1n) is 7.65. The Bertz CT molecular complexity index is 689. The molecule has 1 aliphatic rings. The van der Waals surface area contributed by atoms with E-state index in [4.69, 9.17) is 5.10 Å². The van der Waals surface area contributed by atoms with Crippen LogP contribution in [0.4, 0.5) is 5.82 Å². The lowest BCUT2D eigenvalue weighted by Crippen LogP contribution is -2.07. The summed E-state index contributed by atoms with van der Waals surface area (Å²) in [6.45, 7) is 5.38. The first-order chi connectivity index (χ1) is 10.3. The van der Waals surface area contributed by atoms with Crippen LogP contribution in [0, 0.1) is 11.3 Å². The molecule has 0 amide bonds. The van der Waals surface area contributed by atoms with Crippen LogP contribution in [-0.2, 0) is 6.42 Å². The number of hydrogen-bond acceptors (Lipinski definition) is 3. The highest BCUT2D eigenvalue weighted by Gasteiger charge is 2.26. The van der Waals surface area contributed by atoms with Gasteiger partial charge in [0.15, 0.2) is 0 Å². The van der Waals surface area contributed by atoms with E-state index in [1.807, 2.05) is 28.9 Å². The predicted molar refractivity (Wildman–Crippen MR) is 83.8 cm³/mol. The van der Waals surface area contributed by atoms with Gasteiger partial charge in [-0.25, -0.2) is 4.68 Å². The quantitative estimate of drug-likeness (QED) is 0.930. The summed E-state index contributed by atoms with van der Waals surface area (Å²) in [6.07, 6.45) is 3.22. The highest BCUT2D eigenvalue weighted by Crippen LogP contribution is 2.35. The summed E-state index contributed by atoms with van der Waals surface area (Å²) in [5.41, 5.74) is 4.06. The molecule has 0 saturated heterocycles. The SMILES string of the molecule is CCC(CC)c1nn(-c2ccccc2C#N)c2c1CCN2. The van der Waals surface area contributed by atoms with Crippen molar-refractivity contribution in [1.82, 2.24) is 9.78 Å². The number of aromatic nitrogens is 2. The fraction of sp³-hybridized carbons (Fsp3) is 0.412. The molecule has 1 aromatic heterocycles. The van der Waals surface area contributed by atoms with Crippen LogP contribution in [0.15, 0.2) is 24.3 Å². The largest absolute Gasteiger partial charge is 0.369 e. The molecule has 1 N–H and O–H groups in total. The van der Waals surface area contributed by atoms with E-state index >= 15 is 0 Å². The van der Waals surface area contributed by atoms with Crippen molar-refractivity contribution in [2.24, 2.45) is 0 Å². The lowest BCUT2D eigenvalue weighted by atomic mass is 9.96. The minimum Gasteiger partial charge on any atom is -0.369 e. The Labute approximate surface area is 125 Å². The van der Waals surface area contributed by atoms with Crippen molar-refractivity contribution >= 4 is 5.82 Å². The number of fused-ring (bicyclic) bond motifs is 1. The van der Waals surface area contributed by atoms with E-state index in [1.165, 1.54) is 11.3 Å². The van der Waals surface area contributed by atoms with Crippen molar-refractivity contribution in [3.63, 3.8) is 0 Å². The number of rotatable bonds is 4. The highest BCUT2D eigenvalue weighted by molar-refractivity contribution is 5.60. The molecule has 21 heavy (non-hydrogen) atoms. The molecule has 0 spiro atoms. The smallest absolute Gasteiger partial charge is 0.133 e. The number of para-hydroxylation sites is 1. The monoisotopic (exact) mass is 280 g/mol. The zero-order valence-electron chi connectivity index (χ0n) is 12.6. The zero-order chi connectivity index (χ0) is 14.8. The van der Waals surface area contributed by atoms with Gasteiger partial charge in [0.25, 0.3) is 0 Å². The molecule has 1 aliphatic heterocycles. The molecule has 3 rings (SSSR count). The summed E-state index contributed by atoms with van der Waals surface area (Å²) in [6, 6.07) is 9.91. The Hall–Kier alpha value is -2.28. The summed E-state index contributed by atoms with van der Waals surface area (Å²) in [5.74, 6) is 1.56. The van der Waals surface area contributed by atoms with Crippen LogP contribution in [0.3, 0.4) is 0 Å². The zero-order valence-corrected chi connectivity index (χ0v) is 12.6. The molecule has 0 bridgehead atoms. The molecule has 4 nitrogen and oxygen atoms in total. The molecule has 2 aromatic rings. The average Bonchev–Trinajstić information content (AvgIpc) is 3.12. The third kappa shape index (κ3) is 2.19. The summed E-state index contributed by atoms with van der Waals surface area (Å²) in [5, 5.41) is 17.6. The van der Waals surface area contributed by atoms with Crippen LogP contribution in [0.1, 0.15) is 49.4 Å². The maximum atomic E-state index is 9.33. The van der Waals surface area contributed by atoms with Gasteiger partial charge in [0, 0.05) is 18.0 Å². The minimum atomic E-state index is 0.495. The fourth-order valence-corrected chi connectivity index (χ4v) is 3.13. The molecule has 0 saturated carbocycles. The van der Waals surface area contributed by atoms with E-state index in [-0.39, 0.29) is 0 Å². The number of nitrogens with one attached hydrogen (secondary N) is 1. The van der Waals surface area contributed by atoms with Crippen molar-refractivity contribution in [1.29, 1.82) is 5.26 Å². The Morgan fingerprint density at radius 1 is 1.33 bits per heavy atom. The number of nitrogens with zero attached hydrogens (tertiary/aromatic N) is 3. The van der Waals surface area contributed by atoms with Crippen LogP contribution < -0.4 is 5.32 Å². The normalized spacial score (nSPS) is 13.0. The molecule has 4 heteroatoms.